The van der Waals surface area contributed by atoms with Crippen LogP contribution in [0.15, 0.2) is 51.5 Å². The molecule has 3 aromatic heterocycles. The Balaban J connectivity index is 1.61. The summed E-state index contributed by atoms with van der Waals surface area (Å²) in [7, 11) is 0. The molecule has 1 N–H and O–H groups in total. The molecular weight excluding hydrogens is 477 g/mol. The fraction of sp³-hybridized carbons (Fsp3) is 0.200. The number of nitrogens with zero attached hydrogens (tertiary/aromatic N) is 4. The summed E-state index contributed by atoms with van der Waals surface area (Å²) in [6.07, 6.45) is 2.45. The second-order valence-corrected chi connectivity index (χ2v) is 9.11. The fourth-order valence-corrected chi connectivity index (χ4v) is 4.98. The molecule has 0 aliphatic heterocycles. The Morgan fingerprint density at radius 1 is 1.29 bits per heavy atom. The molecule has 0 atom stereocenters. The van der Waals surface area contributed by atoms with Crippen molar-refractivity contribution in [3.63, 3.8) is 0 Å². The van der Waals surface area contributed by atoms with Gasteiger partial charge in [-0.3, -0.25) is 9.36 Å². The van der Waals surface area contributed by atoms with Crippen LogP contribution in [0.2, 0.25) is 10.0 Å². The van der Waals surface area contributed by atoms with Gasteiger partial charge in [0.15, 0.2) is 10.9 Å². The van der Waals surface area contributed by atoms with Gasteiger partial charge in [0.25, 0.3) is 5.91 Å². The van der Waals surface area contributed by atoms with Crippen molar-refractivity contribution >= 4 is 52.2 Å². The summed E-state index contributed by atoms with van der Waals surface area (Å²) >= 11 is 15.4. The van der Waals surface area contributed by atoms with E-state index in [0.29, 0.717) is 50.5 Å². The van der Waals surface area contributed by atoms with Gasteiger partial charge in [-0.1, -0.05) is 41.9 Å². The van der Waals surface area contributed by atoms with Crippen molar-refractivity contribution in [1.29, 1.82) is 0 Å². The van der Waals surface area contributed by atoms with E-state index in [9.17, 15) is 4.79 Å². The quantitative estimate of drug-likeness (QED) is 0.315. The SMILES string of the molecule is CCCNC(=O)c1csc(CSc2nnc(-c3ccco3)n2-c2ccc(Cl)cc2Cl)n1. The van der Waals surface area contributed by atoms with Crippen LogP contribution in [-0.4, -0.2) is 32.2 Å². The largest absolute Gasteiger partial charge is 0.461 e. The predicted octanol–water partition coefficient (Wildman–Crippen LogP) is 5.72. The minimum Gasteiger partial charge on any atom is -0.461 e. The summed E-state index contributed by atoms with van der Waals surface area (Å²) in [6, 6.07) is 8.82. The zero-order valence-electron chi connectivity index (χ0n) is 16.3. The number of carbonyl (C=O) groups is 1. The lowest BCUT2D eigenvalue weighted by Gasteiger charge is -2.11. The molecule has 1 aromatic carbocycles. The number of nitrogens with one attached hydrogen (secondary N) is 1. The van der Waals surface area contributed by atoms with E-state index in [1.807, 2.05) is 17.6 Å². The number of halogens is 2. The molecule has 11 heteroatoms. The van der Waals surface area contributed by atoms with Gasteiger partial charge in [0.05, 0.1) is 22.7 Å². The van der Waals surface area contributed by atoms with Gasteiger partial charge in [-0.05, 0) is 36.8 Å². The normalized spacial score (nSPS) is 11.1. The van der Waals surface area contributed by atoms with Crippen molar-refractivity contribution in [3.05, 3.63) is 62.7 Å². The fourth-order valence-electron chi connectivity index (χ4n) is 2.75. The van der Waals surface area contributed by atoms with Crippen LogP contribution < -0.4 is 5.32 Å². The van der Waals surface area contributed by atoms with Gasteiger partial charge in [0.2, 0.25) is 5.82 Å². The standard InChI is InChI=1S/C20H17Cl2N5O2S2/c1-2-7-23-19(28)14-10-30-17(24-14)11-31-20-26-25-18(16-4-3-8-29-16)27(20)15-6-5-12(21)9-13(15)22/h3-6,8-10H,2,7,11H2,1H3,(H,23,28). The molecule has 1 amide bonds. The van der Waals surface area contributed by atoms with Gasteiger partial charge in [-0.25, -0.2) is 4.98 Å². The lowest BCUT2D eigenvalue weighted by molar-refractivity contribution is 0.0949. The monoisotopic (exact) mass is 493 g/mol. The second-order valence-electron chi connectivity index (χ2n) is 6.39. The summed E-state index contributed by atoms with van der Waals surface area (Å²) in [6.45, 7) is 2.63. The van der Waals surface area contributed by atoms with E-state index in [2.05, 4.69) is 20.5 Å². The zero-order valence-corrected chi connectivity index (χ0v) is 19.5. The Hall–Kier alpha value is -2.33. The highest BCUT2D eigenvalue weighted by molar-refractivity contribution is 7.98. The molecule has 0 saturated carbocycles. The van der Waals surface area contributed by atoms with E-state index >= 15 is 0 Å². The Morgan fingerprint density at radius 3 is 2.90 bits per heavy atom. The maximum atomic E-state index is 12.1. The molecule has 4 aromatic rings. The van der Waals surface area contributed by atoms with E-state index in [1.165, 1.54) is 23.1 Å². The minimum absolute atomic E-state index is 0.162. The number of hydrogen-bond acceptors (Lipinski definition) is 7. The summed E-state index contributed by atoms with van der Waals surface area (Å²) in [5.41, 5.74) is 1.11. The van der Waals surface area contributed by atoms with Crippen LogP contribution in [0.25, 0.3) is 17.3 Å². The third-order valence-corrected chi connectivity index (χ3v) is 6.68. The number of thiazole rings is 1. The van der Waals surface area contributed by atoms with Crippen LogP contribution in [0.1, 0.15) is 28.8 Å². The van der Waals surface area contributed by atoms with Crippen LogP contribution in [0.5, 0.6) is 0 Å². The molecular formula is C20H17Cl2N5O2S2. The number of benzene rings is 1. The number of furan rings is 1. The molecule has 31 heavy (non-hydrogen) atoms. The summed E-state index contributed by atoms with van der Waals surface area (Å²) in [5, 5.41) is 15.6. The smallest absolute Gasteiger partial charge is 0.270 e. The molecule has 0 aliphatic rings. The molecule has 0 spiro atoms. The lowest BCUT2D eigenvalue weighted by Crippen LogP contribution is -2.24. The number of rotatable bonds is 8. The molecule has 0 aliphatic carbocycles. The van der Waals surface area contributed by atoms with Crippen LogP contribution in [0.4, 0.5) is 0 Å². The first-order chi connectivity index (χ1) is 15.1. The van der Waals surface area contributed by atoms with E-state index in [0.717, 1.165) is 11.4 Å². The number of hydrogen-bond donors (Lipinski definition) is 1. The first-order valence-electron chi connectivity index (χ1n) is 9.37. The Morgan fingerprint density at radius 2 is 2.16 bits per heavy atom. The predicted molar refractivity (Wildman–Crippen MR) is 123 cm³/mol. The molecule has 0 fully saturated rings. The van der Waals surface area contributed by atoms with Gasteiger partial charge < -0.3 is 9.73 Å². The van der Waals surface area contributed by atoms with E-state index in [1.54, 1.807) is 35.9 Å². The van der Waals surface area contributed by atoms with Gasteiger partial charge in [0.1, 0.15) is 10.7 Å². The first-order valence-corrected chi connectivity index (χ1v) is 12.0. The average Bonchev–Trinajstić information content (AvgIpc) is 3.51. The van der Waals surface area contributed by atoms with Gasteiger partial charge in [-0.2, -0.15) is 0 Å². The van der Waals surface area contributed by atoms with Crippen molar-refractivity contribution in [2.75, 3.05) is 6.54 Å². The molecule has 0 radical (unpaired) electrons. The van der Waals surface area contributed by atoms with Crippen molar-refractivity contribution in [2.45, 2.75) is 24.3 Å². The molecule has 7 nitrogen and oxygen atoms in total. The topological polar surface area (TPSA) is 85.8 Å². The summed E-state index contributed by atoms with van der Waals surface area (Å²) in [4.78, 5) is 16.5. The minimum atomic E-state index is -0.162. The maximum Gasteiger partial charge on any atom is 0.270 e. The molecule has 0 saturated heterocycles. The number of carbonyl (C=O) groups excluding carboxylic acids is 1. The highest BCUT2D eigenvalue weighted by Gasteiger charge is 2.20. The van der Waals surface area contributed by atoms with E-state index in [4.69, 9.17) is 27.6 Å². The molecule has 4 rings (SSSR count). The zero-order chi connectivity index (χ0) is 21.8. The molecule has 3 heterocycles. The highest BCUT2D eigenvalue weighted by atomic mass is 35.5. The van der Waals surface area contributed by atoms with Gasteiger partial charge >= 0.3 is 0 Å². The van der Waals surface area contributed by atoms with E-state index < -0.39 is 0 Å². The average molecular weight is 494 g/mol. The number of thioether (sulfide) groups is 1. The summed E-state index contributed by atoms with van der Waals surface area (Å²) in [5.74, 6) is 1.45. The Labute approximate surface area is 196 Å². The number of amides is 1. The Kier molecular flexibility index (Phi) is 6.96. The molecule has 160 valence electrons. The maximum absolute atomic E-state index is 12.1. The third-order valence-electron chi connectivity index (χ3n) is 4.17. The highest BCUT2D eigenvalue weighted by Crippen LogP contribution is 2.34. The summed E-state index contributed by atoms with van der Waals surface area (Å²) < 4.78 is 7.35. The van der Waals surface area contributed by atoms with Crippen LogP contribution in [0, 0.1) is 0 Å². The van der Waals surface area contributed by atoms with Gasteiger partial charge in [0, 0.05) is 16.9 Å². The van der Waals surface area contributed by atoms with Crippen molar-refractivity contribution < 1.29 is 9.21 Å². The van der Waals surface area contributed by atoms with Crippen LogP contribution >= 0.6 is 46.3 Å². The van der Waals surface area contributed by atoms with Crippen LogP contribution in [-0.2, 0) is 5.75 Å². The number of aromatic nitrogens is 4. The molecule has 0 unspecified atom stereocenters. The van der Waals surface area contributed by atoms with Gasteiger partial charge in [-0.15, -0.1) is 21.5 Å². The molecule has 0 bridgehead atoms. The third kappa shape index (κ3) is 4.95. The second kappa shape index (κ2) is 9.86. The lowest BCUT2D eigenvalue weighted by atomic mass is 10.3. The van der Waals surface area contributed by atoms with Crippen LogP contribution in [0.3, 0.4) is 0 Å². The Bertz CT molecular complexity index is 1190. The first kappa shape index (κ1) is 21.9. The van der Waals surface area contributed by atoms with Crippen molar-refractivity contribution in [2.24, 2.45) is 0 Å². The van der Waals surface area contributed by atoms with Crippen molar-refractivity contribution in [1.82, 2.24) is 25.1 Å². The van der Waals surface area contributed by atoms with E-state index in [-0.39, 0.29) is 5.91 Å². The van der Waals surface area contributed by atoms with Crippen molar-refractivity contribution in [3.8, 4) is 17.3 Å².